The van der Waals surface area contributed by atoms with Crippen LogP contribution in [0.5, 0.6) is 5.75 Å². The number of aromatic carboxylic acids is 1. The highest BCUT2D eigenvalue weighted by Gasteiger charge is 2.14. The Labute approximate surface area is 138 Å². The van der Waals surface area contributed by atoms with Crippen molar-refractivity contribution in [1.29, 1.82) is 0 Å². The molecule has 2 aromatic rings. The zero-order chi connectivity index (χ0) is 15.6. The highest BCUT2D eigenvalue weighted by atomic mass is 79.9. The molecule has 0 saturated carbocycles. The first kappa shape index (κ1) is 15.8. The lowest BCUT2D eigenvalue weighted by molar-refractivity contribution is 0.0697. The Morgan fingerprint density at radius 1 is 1.24 bits per heavy atom. The molecule has 1 aromatic carbocycles. The van der Waals surface area contributed by atoms with Crippen molar-refractivity contribution in [3.05, 3.63) is 44.6 Å². The molecule has 0 spiro atoms. The number of benzene rings is 1. The summed E-state index contributed by atoms with van der Waals surface area (Å²) in [7, 11) is 1.57. The van der Waals surface area contributed by atoms with Gasteiger partial charge in [0.05, 0.1) is 23.0 Å². The Morgan fingerprint density at radius 2 is 1.95 bits per heavy atom. The van der Waals surface area contributed by atoms with Crippen molar-refractivity contribution < 1.29 is 14.6 Å². The number of carboxylic acids is 1. The van der Waals surface area contributed by atoms with Gasteiger partial charge in [0.2, 0.25) is 0 Å². The zero-order valence-electron chi connectivity index (χ0n) is 11.3. The quantitative estimate of drug-likeness (QED) is 0.775. The minimum atomic E-state index is -1.04. The number of nitrogens with zero attached hydrogens (tertiary/aromatic N) is 1. The van der Waals surface area contributed by atoms with Gasteiger partial charge in [-0.1, -0.05) is 0 Å². The molecule has 0 atom stereocenters. The lowest BCUT2D eigenvalue weighted by atomic mass is 10.2. The summed E-state index contributed by atoms with van der Waals surface area (Å²) in [6, 6.07) is 5.29. The summed E-state index contributed by atoms with van der Waals surface area (Å²) < 4.78 is 6.82. The van der Waals surface area contributed by atoms with Gasteiger partial charge in [0.15, 0.2) is 0 Å². The molecule has 2 N–H and O–H groups in total. The van der Waals surface area contributed by atoms with Gasteiger partial charge in [-0.25, -0.2) is 4.79 Å². The highest BCUT2D eigenvalue weighted by molar-refractivity contribution is 9.11. The van der Waals surface area contributed by atoms with Crippen molar-refractivity contribution in [1.82, 2.24) is 4.98 Å². The monoisotopic (exact) mass is 414 g/mol. The molecular weight excluding hydrogens is 404 g/mol. The largest absolute Gasteiger partial charge is 0.495 e. The van der Waals surface area contributed by atoms with Gasteiger partial charge < -0.3 is 15.2 Å². The van der Waals surface area contributed by atoms with E-state index in [1.54, 1.807) is 26.2 Å². The van der Waals surface area contributed by atoms with Crippen LogP contribution < -0.4 is 10.1 Å². The first-order valence-corrected chi connectivity index (χ1v) is 7.51. The molecule has 21 heavy (non-hydrogen) atoms. The molecule has 2 rings (SSSR count). The summed E-state index contributed by atoms with van der Waals surface area (Å²) >= 11 is 6.83. The molecule has 1 heterocycles. The molecule has 0 radical (unpaired) electrons. The van der Waals surface area contributed by atoms with Crippen LogP contribution in [0.15, 0.2) is 33.3 Å². The van der Waals surface area contributed by atoms with Gasteiger partial charge in [0, 0.05) is 22.4 Å². The first-order chi connectivity index (χ1) is 9.92. The molecule has 0 bridgehead atoms. The van der Waals surface area contributed by atoms with Crippen LogP contribution in [0.25, 0.3) is 0 Å². The van der Waals surface area contributed by atoms with E-state index in [0.29, 0.717) is 17.1 Å². The maximum Gasteiger partial charge on any atom is 0.339 e. The van der Waals surface area contributed by atoms with Crippen LogP contribution in [0.1, 0.15) is 16.1 Å². The maximum absolute atomic E-state index is 11.3. The van der Waals surface area contributed by atoms with Gasteiger partial charge in [-0.15, -0.1) is 0 Å². The van der Waals surface area contributed by atoms with Crippen molar-refractivity contribution in [3.8, 4) is 5.75 Å². The summed E-state index contributed by atoms with van der Waals surface area (Å²) in [6.07, 6.45) is 1.34. The molecule has 1 aromatic heterocycles. The fraction of sp³-hybridized carbons (Fsp3) is 0.143. The fourth-order valence-electron chi connectivity index (χ4n) is 1.76. The Bertz CT molecular complexity index is 705. The number of methoxy groups -OCH3 is 1. The van der Waals surface area contributed by atoms with Crippen LogP contribution >= 0.6 is 31.9 Å². The summed E-state index contributed by atoms with van der Waals surface area (Å²) in [5, 5.41) is 12.3. The molecule has 110 valence electrons. The molecule has 0 amide bonds. The van der Waals surface area contributed by atoms with E-state index in [1.165, 1.54) is 6.20 Å². The van der Waals surface area contributed by atoms with E-state index in [4.69, 9.17) is 4.74 Å². The number of nitrogens with one attached hydrogen (secondary N) is 1. The number of pyridine rings is 1. The second kappa shape index (κ2) is 6.44. The van der Waals surface area contributed by atoms with E-state index in [1.807, 2.05) is 6.07 Å². The normalized spacial score (nSPS) is 10.3. The lowest BCUT2D eigenvalue weighted by Gasteiger charge is -2.14. The van der Waals surface area contributed by atoms with Crippen LogP contribution in [0.2, 0.25) is 0 Å². The third kappa shape index (κ3) is 3.54. The van der Waals surface area contributed by atoms with Crippen LogP contribution in [0.4, 0.5) is 11.4 Å². The minimum absolute atomic E-state index is 0.106. The van der Waals surface area contributed by atoms with E-state index in [9.17, 15) is 9.90 Å². The molecule has 0 saturated heterocycles. The highest BCUT2D eigenvalue weighted by Crippen LogP contribution is 2.36. The third-order valence-electron chi connectivity index (χ3n) is 2.78. The van der Waals surface area contributed by atoms with E-state index < -0.39 is 5.97 Å². The van der Waals surface area contributed by atoms with Crippen molar-refractivity contribution in [2.75, 3.05) is 12.4 Å². The van der Waals surface area contributed by atoms with Crippen molar-refractivity contribution in [2.45, 2.75) is 6.92 Å². The van der Waals surface area contributed by atoms with Gasteiger partial charge in [0.1, 0.15) is 11.3 Å². The molecule has 7 heteroatoms. The Morgan fingerprint density at radius 3 is 2.57 bits per heavy atom. The second-order valence-corrected chi connectivity index (χ2v) is 5.98. The second-order valence-electron chi connectivity index (χ2n) is 4.27. The lowest BCUT2D eigenvalue weighted by Crippen LogP contribution is -2.05. The van der Waals surface area contributed by atoms with Crippen LogP contribution in [0.3, 0.4) is 0 Å². The number of hydrogen-bond donors (Lipinski definition) is 2. The smallest absolute Gasteiger partial charge is 0.339 e. The van der Waals surface area contributed by atoms with Gasteiger partial charge in [-0.2, -0.15) is 0 Å². The summed E-state index contributed by atoms with van der Waals surface area (Å²) in [5.74, 6) is -0.395. The number of carboxylic acid groups (broad SMARTS) is 1. The third-order valence-corrected chi connectivity index (χ3v) is 4.06. The number of rotatable bonds is 4. The Hall–Kier alpha value is -1.60. The van der Waals surface area contributed by atoms with Gasteiger partial charge in [0.25, 0.3) is 0 Å². The van der Waals surface area contributed by atoms with Gasteiger partial charge in [-0.3, -0.25) is 4.98 Å². The van der Waals surface area contributed by atoms with E-state index >= 15 is 0 Å². The standard InChI is InChI=1S/C14H12Br2N2O3/c1-7-3-11(8(6-17-7)14(19)20)18-12-5-13(21-2)10(16)4-9(12)15/h3-6H,1-2H3,(H,17,18)(H,19,20). The molecule has 5 nitrogen and oxygen atoms in total. The molecule has 0 aliphatic heterocycles. The van der Waals surface area contributed by atoms with Crippen molar-refractivity contribution in [2.24, 2.45) is 0 Å². The predicted octanol–water partition coefficient (Wildman–Crippen LogP) is 4.37. The maximum atomic E-state index is 11.3. The van der Waals surface area contributed by atoms with Crippen LogP contribution in [0, 0.1) is 6.92 Å². The molecule has 0 aliphatic rings. The summed E-state index contributed by atoms with van der Waals surface area (Å²) in [5.41, 5.74) is 2.00. The number of aromatic nitrogens is 1. The fourth-order valence-corrected chi connectivity index (χ4v) is 3.02. The number of aryl methyl sites for hydroxylation is 1. The average molecular weight is 416 g/mol. The summed E-state index contributed by atoms with van der Waals surface area (Å²) in [4.78, 5) is 15.3. The Balaban J connectivity index is 2.47. The zero-order valence-corrected chi connectivity index (χ0v) is 14.4. The van der Waals surface area contributed by atoms with E-state index in [0.717, 1.165) is 14.6 Å². The topological polar surface area (TPSA) is 71.5 Å². The van der Waals surface area contributed by atoms with Crippen molar-refractivity contribution >= 4 is 49.2 Å². The first-order valence-electron chi connectivity index (χ1n) is 5.92. The molecule has 0 fully saturated rings. The van der Waals surface area contributed by atoms with Crippen LogP contribution in [-0.2, 0) is 0 Å². The van der Waals surface area contributed by atoms with E-state index in [2.05, 4.69) is 42.2 Å². The number of anilines is 2. The minimum Gasteiger partial charge on any atom is -0.495 e. The van der Waals surface area contributed by atoms with Crippen LogP contribution in [-0.4, -0.2) is 23.2 Å². The van der Waals surface area contributed by atoms with Gasteiger partial charge in [-0.05, 0) is 50.9 Å². The van der Waals surface area contributed by atoms with E-state index in [-0.39, 0.29) is 5.56 Å². The molecular formula is C14H12Br2N2O3. The molecule has 0 unspecified atom stereocenters. The average Bonchev–Trinajstić information content (AvgIpc) is 2.41. The number of carbonyl (C=O) groups is 1. The molecule has 0 aliphatic carbocycles. The summed E-state index contributed by atoms with van der Waals surface area (Å²) in [6.45, 7) is 1.80. The van der Waals surface area contributed by atoms with Gasteiger partial charge >= 0.3 is 5.97 Å². The number of halogens is 2. The van der Waals surface area contributed by atoms with Crippen molar-refractivity contribution in [3.63, 3.8) is 0 Å². The Kier molecular flexibility index (Phi) is 4.84. The predicted molar refractivity (Wildman–Crippen MR) is 87.6 cm³/mol. The number of ether oxygens (including phenoxy) is 1. The number of hydrogen-bond acceptors (Lipinski definition) is 4. The SMILES string of the molecule is COc1cc(Nc2cc(C)ncc2C(=O)O)c(Br)cc1Br.